The first-order chi connectivity index (χ1) is 16.5. The Morgan fingerprint density at radius 1 is 1.06 bits per heavy atom. The van der Waals surface area contributed by atoms with Gasteiger partial charge in [0.25, 0.3) is 5.91 Å². The quantitative estimate of drug-likeness (QED) is 0.500. The third-order valence-electron chi connectivity index (χ3n) is 6.09. The fourth-order valence-corrected chi connectivity index (χ4v) is 4.26. The van der Waals surface area contributed by atoms with E-state index in [0.717, 1.165) is 16.7 Å². The molecular formula is C28H30N2O4. The lowest BCUT2D eigenvalue weighted by Crippen LogP contribution is -2.34. The molecule has 0 saturated heterocycles. The summed E-state index contributed by atoms with van der Waals surface area (Å²) in [6.07, 6.45) is 0.142. The van der Waals surface area contributed by atoms with Crippen LogP contribution in [-0.4, -0.2) is 30.4 Å². The van der Waals surface area contributed by atoms with Gasteiger partial charge in [-0.1, -0.05) is 54.1 Å². The van der Waals surface area contributed by atoms with Crippen molar-refractivity contribution in [3.63, 3.8) is 0 Å². The van der Waals surface area contributed by atoms with E-state index in [9.17, 15) is 9.59 Å². The Balaban J connectivity index is 1.59. The Hall–Kier alpha value is -3.80. The molecular weight excluding hydrogens is 428 g/mol. The number of hydrogen-bond acceptors (Lipinski definition) is 4. The summed E-state index contributed by atoms with van der Waals surface area (Å²) in [5.74, 6) is 1.02. The summed E-state index contributed by atoms with van der Waals surface area (Å²) in [6.45, 7) is 5.35. The molecule has 1 aliphatic heterocycles. The second-order valence-electron chi connectivity index (χ2n) is 8.42. The number of methoxy groups -OCH3 is 1. The van der Waals surface area contributed by atoms with Gasteiger partial charge >= 0.3 is 0 Å². The largest absolute Gasteiger partial charge is 0.493 e. The fraction of sp³-hybridized carbons (Fsp3) is 0.286. The fourth-order valence-electron chi connectivity index (χ4n) is 4.26. The molecule has 176 valence electrons. The van der Waals surface area contributed by atoms with E-state index in [1.54, 1.807) is 12.0 Å². The summed E-state index contributed by atoms with van der Waals surface area (Å²) in [6, 6.07) is 20.8. The van der Waals surface area contributed by atoms with Gasteiger partial charge in [-0.15, -0.1) is 0 Å². The van der Waals surface area contributed by atoms with Gasteiger partial charge in [-0.25, -0.2) is 0 Å². The number of ether oxygens (including phenoxy) is 2. The van der Waals surface area contributed by atoms with Crippen molar-refractivity contribution in [2.45, 2.75) is 39.4 Å². The highest BCUT2D eigenvalue weighted by molar-refractivity contribution is 5.98. The second kappa shape index (κ2) is 10.4. The van der Waals surface area contributed by atoms with E-state index in [4.69, 9.17) is 9.47 Å². The van der Waals surface area contributed by atoms with Crippen molar-refractivity contribution in [2.75, 3.05) is 13.7 Å². The van der Waals surface area contributed by atoms with E-state index in [1.165, 1.54) is 5.56 Å². The molecule has 3 aromatic carbocycles. The van der Waals surface area contributed by atoms with Gasteiger partial charge in [-0.05, 0) is 48.7 Å². The zero-order valence-corrected chi connectivity index (χ0v) is 19.8. The van der Waals surface area contributed by atoms with E-state index in [-0.39, 0.29) is 18.2 Å². The number of hydrogen-bond donors (Lipinski definition) is 1. The summed E-state index contributed by atoms with van der Waals surface area (Å²) < 4.78 is 11.2. The summed E-state index contributed by atoms with van der Waals surface area (Å²) in [7, 11) is 1.59. The molecule has 0 aliphatic carbocycles. The number of aryl methyl sites for hydroxylation is 1. The molecule has 0 spiro atoms. The van der Waals surface area contributed by atoms with Crippen LogP contribution in [0, 0.1) is 6.92 Å². The average molecular weight is 459 g/mol. The summed E-state index contributed by atoms with van der Waals surface area (Å²) in [5.41, 5.74) is 4.68. The molecule has 0 radical (unpaired) electrons. The lowest BCUT2D eigenvalue weighted by atomic mass is 10.0. The molecule has 1 atom stereocenters. The number of rotatable bonds is 9. The number of nitrogens with one attached hydrogen (secondary N) is 1. The van der Waals surface area contributed by atoms with Gasteiger partial charge in [0.05, 0.1) is 26.2 Å². The lowest BCUT2D eigenvalue weighted by molar-refractivity contribution is -0.122. The van der Waals surface area contributed by atoms with E-state index in [2.05, 4.69) is 5.32 Å². The molecule has 1 heterocycles. The van der Waals surface area contributed by atoms with E-state index in [0.29, 0.717) is 36.8 Å². The highest BCUT2D eigenvalue weighted by Crippen LogP contribution is 2.37. The Bertz CT molecular complexity index is 1170. The molecule has 6 heteroatoms. The number of nitrogens with zero attached hydrogens (tertiary/aromatic N) is 1. The molecule has 1 N–H and O–H groups in total. The molecule has 3 aromatic rings. The molecule has 0 aromatic heterocycles. The normalized spacial score (nSPS) is 13.4. The van der Waals surface area contributed by atoms with Crippen molar-refractivity contribution < 1.29 is 19.1 Å². The Morgan fingerprint density at radius 3 is 2.53 bits per heavy atom. The molecule has 2 amide bonds. The van der Waals surface area contributed by atoms with Crippen LogP contribution in [0.2, 0.25) is 0 Å². The monoisotopic (exact) mass is 458 g/mol. The minimum absolute atomic E-state index is 0.0696. The molecule has 1 aliphatic rings. The third kappa shape index (κ3) is 5.06. The second-order valence-corrected chi connectivity index (χ2v) is 8.42. The van der Waals surface area contributed by atoms with Crippen LogP contribution in [0.4, 0.5) is 0 Å². The highest BCUT2D eigenvalue weighted by Gasteiger charge is 2.34. The van der Waals surface area contributed by atoms with Crippen LogP contribution in [0.5, 0.6) is 11.5 Å². The maximum absolute atomic E-state index is 13.3. The average Bonchev–Trinajstić information content (AvgIpc) is 3.19. The van der Waals surface area contributed by atoms with Crippen molar-refractivity contribution in [3.8, 4) is 11.5 Å². The zero-order chi connectivity index (χ0) is 24.1. The zero-order valence-electron chi connectivity index (χ0n) is 19.8. The molecule has 0 bridgehead atoms. The highest BCUT2D eigenvalue weighted by atomic mass is 16.5. The standard InChI is InChI=1S/C28H30N2O4/c1-4-34-25-14-13-21(15-26(25)33-3)24(30-18-22-7-5-6-8-23(22)28(30)32)16-27(31)29-17-20-11-9-19(2)10-12-20/h5-15,24H,4,16-18H2,1-3H3,(H,29,31)/t24-/m1/s1. The van der Waals surface area contributed by atoms with Crippen LogP contribution in [0.1, 0.15) is 52.0 Å². The van der Waals surface area contributed by atoms with Gasteiger partial charge in [0.1, 0.15) is 0 Å². The van der Waals surface area contributed by atoms with E-state index < -0.39 is 6.04 Å². The van der Waals surface area contributed by atoms with Gasteiger partial charge in [-0.2, -0.15) is 0 Å². The summed E-state index contributed by atoms with van der Waals surface area (Å²) >= 11 is 0. The van der Waals surface area contributed by atoms with E-state index >= 15 is 0 Å². The maximum Gasteiger partial charge on any atom is 0.255 e. The van der Waals surface area contributed by atoms with Crippen molar-refractivity contribution in [3.05, 3.63) is 94.5 Å². The predicted octanol–water partition coefficient (Wildman–Crippen LogP) is 4.81. The Labute approximate surface area is 200 Å². The van der Waals surface area contributed by atoms with Gasteiger partial charge in [0.15, 0.2) is 11.5 Å². The topological polar surface area (TPSA) is 67.9 Å². The van der Waals surface area contributed by atoms with Crippen LogP contribution in [0.3, 0.4) is 0 Å². The van der Waals surface area contributed by atoms with Crippen LogP contribution >= 0.6 is 0 Å². The first kappa shape index (κ1) is 23.4. The van der Waals surface area contributed by atoms with Gasteiger partial charge in [0, 0.05) is 18.7 Å². The van der Waals surface area contributed by atoms with Crippen molar-refractivity contribution in [2.24, 2.45) is 0 Å². The SMILES string of the molecule is CCOc1ccc([C@@H](CC(=O)NCc2ccc(C)cc2)N2Cc3ccccc3C2=O)cc1OC. The molecule has 0 fully saturated rings. The van der Waals surface area contributed by atoms with Crippen LogP contribution in [0.25, 0.3) is 0 Å². The minimum atomic E-state index is -0.442. The van der Waals surface area contributed by atoms with Gasteiger partial charge in [-0.3, -0.25) is 9.59 Å². The predicted molar refractivity (Wildman–Crippen MR) is 131 cm³/mol. The Morgan fingerprint density at radius 2 is 1.82 bits per heavy atom. The molecule has 4 rings (SSSR count). The Kier molecular flexibility index (Phi) is 7.16. The number of carbonyl (C=O) groups excluding carboxylic acids is 2. The molecule has 0 unspecified atom stereocenters. The third-order valence-corrected chi connectivity index (χ3v) is 6.09. The maximum atomic E-state index is 13.3. The van der Waals surface area contributed by atoms with Crippen LogP contribution in [-0.2, 0) is 17.9 Å². The lowest BCUT2D eigenvalue weighted by Gasteiger charge is -2.28. The number of benzene rings is 3. The molecule has 6 nitrogen and oxygen atoms in total. The number of amides is 2. The van der Waals surface area contributed by atoms with Crippen molar-refractivity contribution in [1.82, 2.24) is 10.2 Å². The first-order valence-corrected chi connectivity index (χ1v) is 11.5. The van der Waals surface area contributed by atoms with Crippen LogP contribution < -0.4 is 14.8 Å². The first-order valence-electron chi connectivity index (χ1n) is 11.5. The van der Waals surface area contributed by atoms with Gasteiger partial charge < -0.3 is 19.7 Å². The minimum Gasteiger partial charge on any atom is -0.493 e. The molecule has 0 saturated carbocycles. The smallest absolute Gasteiger partial charge is 0.255 e. The number of carbonyl (C=O) groups is 2. The van der Waals surface area contributed by atoms with Crippen LogP contribution in [0.15, 0.2) is 66.7 Å². The summed E-state index contributed by atoms with van der Waals surface area (Å²) in [5, 5.41) is 3.01. The summed E-state index contributed by atoms with van der Waals surface area (Å²) in [4.78, 5) is 28.1. The van der Waals surface area contributed by atoms with Crippen molar-refractivity contribution in [1.29, 1.82) is 0 Å². The van der Waals surface area contributed by atoms with Gasteiger partial charge in [0.2, 0.25) is 5.91 Å². The van der Waals surface area contributed by atoms with E-state index in [1.807, 2.05) is 80.6 Å². The molecule has 34 heavy (non-hydrogen) atoms. The van der Waals surface area contributed by atoms with Crippen molar-refractivity contribution >= 4 is 11.8 Å². The number of fused-ring (bicyclic) bond motifs is 1.